The molecule has 0 spiro atoms. The van der Waals surface area contributed by atoms with Gasteiger partial charge in [-0.3, -0.25) is 4.79 Å². The highest BCUT2D eigenvalue weighted by Crippen LogP contribution is 2.20. The van der Waals surface area contributed by atoms with Gasteiger partial charge in [0.05, 0.1) is 13.0 Å². The molecule has 21 heavy (non-hydrogen) atoms. The molecule has 2 N–H and O–H groups in total. The van der Waals surface area contributed by atoms with E-state index in [0.717, 1.165) is 25.8 Å². The zero-order valence-corrected chi connectivity index (χ0v) is 13.3. The topological polar surface area (TPSA) is 87.7 Å². The second kappa shape index (κ2) is 7.53. The number of methoxy groups -OCH3 is 1. The third-order valence-corrected chi connectivity index (χ3v) is 5.87. The molecule has 0 aliphatic carbocycles. The molecule has 2 rings (SSSR count). The van der Waals surface area contributed by atoms with Crippen LogP contribution in [0, 0.1) is 5.92 Å². The molecule has 8 heteroatoms. The zero-order valence-electron chi connectivity index (χ0n) is 12.5. The van der Waals surface area contributed by atoms with Gasteiger partial charge in [-0.15, -0.1) is 0 Å². The number of rotatable bonds is 4. The maximum atomic E-state index is 12.4. The molecule has 0 bridgehead atoms. The Morgan fingerprint density at radius 2 is 1.95 bits per heavy atom. The Hall–Kier alpha value is -0.700. The van der Waals surface area contributed by atoms with Crippen molar-refractivity contribution in [1.82, 2.24) is 14.3 Å². The van der Waals surface area contributed by atoms with Crippen molar-refractivity contribution in [2.24, 2.45) is 5.92 Å². The number of carbonyl (C=O) groups is 1. The summed E-state index contributed by atoms with van der Waals surface area (Å²) in [5.74, 6) is -0.422. The maximum Gasteiger partial charge on any atom is 0.308 e. The van der Waals surface area contributed by atoms with Gasteiger partial charge < -0.3 is 10.1 Å². The minimum Gasteiger partial charge on any atom is -0.469 e. The van der Waals surface area contributed by atoms with Gasteiger partial charge >= 0.3 is 5.97 Å². The Balaban J connectivity index is 1.87. The Labute approximate surface area is 126 Å². The summed E-state index contributed by atoms with van der Waals surface area (Å²) < 4.78 is 33.7. The van der Waals surface area contributed by atoms with Crippen molar-refractivity contribution < 1.29 is 17.9 Å². The highest BCUT2D eigenvalue weighted by atomic mass is 32.2. The minimum atomic E-state index is -3.46. The van der Waals surface area contributed by atoms with Crippen LogP contribution in [0.1, 0.15) is 32.1 Å². The molecule has 1 unspecified atom stereocenters. The third-order valence-electron chi connectivity index (χ3n) is 4.19. The first kappa shape index (κ1) is 16.7. The number of hydrogen-bond acceptors (Lipinski definition) is 5. The van der Waals surface area contributed by atoms with Crippen LogP contribution in [-0.2, 0) is 19.7 Å². The van der Waals surface area contributed by atoms with Gasteiger partial charge in [0.15, 0.2) is 0 Å². The second-order valence-electron chi connectivity index (χ2n) is 5.72. The molecule has 0 radical (unpaired) electrons. The highest BCUT2D eigenvalue weighted by Gasteiger charge is 2.32. The number of ether oxygens (including phenoxy) is 1. The van der Waals surface area contributed by atoms with Crippen molar-refractivity contribution in [1.29, 1.82) is 0 Å². The summed E-state index contributed by atoms with van der Waals surface area (Å²) in [6.45, 7) is 2.37. The molecule has 2 aliphatic rings. The van der Waals surface area contributed by atoms with E-state index in [0.29, 0.717) is 32.5 Å². The summed E-state index contributed by atoms with van der Waals surface area (Å²) in [5, 5.41) is 3.25. The van der Waals surface area contributed by atoms with Crippen LogP contribution in [0.15, 0.2) is 0 Å². The Morgan fingerprint density at radius 1 is 1.24 bits per heavy atom. The molecule has 2 saturated heterocycles. The Kier molecular flexibility index (Phi) is 5.98. The smallest absolute Gasteiger partial charge is 0.308 e. The summed E-state index contributed by atoms with van der Waals surface area (Å²) in [6, 6.07) is -0.0455. The number of nitrogens with one attached hydrogen (secondary N) is 2. The number of carbonyl (C=O) groups excluding carboxylic acids is 1. The molecule has 7 nitrogen and oxygen atoms in total. The van der Waals surface area contributed by atoms with Crippen LogP contribution in [0.5, 0.6) is 0 Å². The van der Waals surface area contributed by atoms with Crippen LogP contribution in [0.3, 0.4) is 0 Å². The van der Waals surface area contributed by atoms with Gasteiger partial charge in [0.2, 0.25) is 0 Å². The standard InChI is InChI=1S/C13H25N3O4S/c1-20-13(17)11-5-8-16(9-6-11)21(18,19)15-12-4-2-3-7-14-10-12/h11-12,14-15H,2-10H2,1H3. The molecule has 0 aromatic rings. The number of nitrogens with zero attached hydrogens (tertiary/aromatic N) is 1. The SMILES string of the molecule is COC(=O)C1CCN(S(=O)(=O)NC2CCCCNC2)CC1. The predicted molar refractivity (Wildman–Crippen MR) is 78.9 cm³/mol. The largest absolute Gasteiger partial charge is 0.469 e. The molecule has 0 amide bonds. The zero-order chi connectivity index (χ0) is 15.3. The van der Waals surface area contributed by atoms with E-state index in [2.05, 4.69) is 10.0 Å². The fourth-order valence-electron chi connectivity index (χ4n) is 2.90. The lowest BCUT2D eigenvalue weighted by atomic mass is 9.99. The Morgan fingerprint density at radius 3 is 2.62 bits per heavy atom. The quantitative estimate of drug-likeness (QED) is 0.704. The summed E-state index contributed by atoms with van der Waals surface area (Å²) in [4.78, 5) is 11.5. The summed E-state index contributed by atoms with van der Waals surface area (Å²) in [6.07, 6.45) is 4.03. The van der Waals surface area contributed by atoms with Gasteiger partial charge in [0, 0.05) is 25.7 Å². The lowest BCUT2D eigenvalue weighted by Crippen LogP contribution is -2.50. The van der Waals surface area contributed by atoms with E-state index in [1.54, 1.807) is 0 Å². The molecule has 0 saturated carbocycles. The van der Waals surface area contributed by atoms with Crippen molar-refractivity contribution >= 4 is 16.2 Å². The minimum absolute atomic E-state index is 0.0455. The summed E-state index contributed by atoms with van der Waals surface area (Å²) in [5.41, 5.74) is 0. The molecule has 2 fully saturated rings. The summed E-state index contributed by atoms with van der Waals surface area (Å²) in [7, 11) is -2.10. The van der Waals surface area contributed by atoms with E-state index in [1.165, 1.54) is 11.4 Å². The Bertz CT molecular complexity index is 438. The summed E-state index contributed by atoms with van der Waals surface area (Å²) >= 11 is 0. The van der Waals surface area contributed by atoms with Crippen molar-refractivity contribution in [3.8, 4) is 0 Å². The van der Waals surface area contributed by atoms with Gasteiger partial charge in [-0.05, 0) is 32.2 Å². The van der Waals surface area contributed by atoms with Crippen LogP contribution < -0.4 is 10.0 Å². The molecule has 122 valence electrons. The van der Waals surface area contributed by atoms with E-state index < -0.39 is 10.2 Å². The van der Waals surface area contributed by atoms with E-state index >= 15 is 0 Å². The van der Waals surface area contributed by atoms with E-state index in [4.69, 9.17) is 4.74 Å². The first-order valence-corrected chi connectivity index (χ1v) is 9.03. The molecule has 0 aromatic heterocycles. The lowest BCUT2D eigenvalue weighted by molar-refractivity contribution is -0.146. The number of esters is 1. The number of piperidine rings is 1. The van der Waals surface area contributed by atoms with Crippen LogP contribution in [0.2, 0.25) is 0 Å². The van der Waals surface area contributed by atoms with Crippen LogP contribution in [-0.4, -0.2) is 58.0 Å². The average Bonchev–Trinajstić information content (AvgIpc) is 2.74. The lowest BCUT2D eigenvalue weighted by Gasteiger charge is -2.31. The first-order chi connectivity index (χ1) is 10.0. The van der Waals surface area contributed by atoms with Crippen LogP contribution in [0.25, 0.3) is 0 Å². The normalized spacial score (nSPS) is 26.2. The van der Waals surface area contributed by atoms with Gasteiger partial charge in [-0.1, -0.05) is 6.42 Å². The van der Waals surface area contributed by atoms with Crippen molar-refractivity contribution in [2.75, 3.05) is 33.3 Å². The molecule has 2 heterocycles. The van der Waals surface area contributed by atoms with Crippen molar-refractivity contribution in [3.63, 3.8) is 0 Å². The van der Waals surface area contributed by atoms with Gasteiger partial charge in [-0.25, -0.2) is 0 Å². The molecule has 1 atom stereocenters. The second-order valence-corrected chi connectivity index (χ2v) is 7.42. The molecular formula is C13H25N3O4S. The predicted octanol–water partition coefficient (Wildman–Crippen LogP) is -0.152. The van der Waals surface area contributed by atoms with Crippen molar-refractivity contribution in [2.45, 2.75) is 38.1 Å². The fraction of sp³-hybridized carbons (Fsp3) is 0.923. The van der Waals surface area contributed by atoms with Gasteiger partial charge in [0.25, 0.3) is 10.2 Å². The maximum absolute atomic E-state index is 12.4. The van der Waals surface area contributed by atoms with Gasteiger partial charge in [0.1, 0.15) is 0 Å². The van der Waals surface area contributed by atoms with Gasteiger partial charge in [-0.2, -0.15) is 17.4 Å². The molecule has 2 aliphatic heterocycles. The van der Waals surface area contributed by atoms with E-state index in [9.17, 15) is 13.2 Å². The molecule has 0 aromatic carbocycles. The fourth-order valence-corrected chi connectivity index (χ4v) is 4.37. The number of hydrogen-bond donors (Lipinski definition) is 2. The highest BCUT2D eigenvalue weighted by molar-refractivity contribution is 7.87. The molecular weight excluding hydrogens is 294 g/mol. The average molecular weight is 319 g/mol. The van der Waals surface area contributed by atoms with E-state index in [-0.39, 0.29) is 17.9 Å². The monoisotopic (exact) mass is 319 g/mol. The van der Waals surface area contributed by atoms with Crippen molar-refractivity contribution in [3.05, 3.63) is 0 Å². The third kappa shape index (κ3) is 4.64. The van der Waals surface area contributed by atoms with Crippen LogP contribution in [0.4, 0.5) is 0 Å². The first-order valence-electron chi connectivity index (χ1n) is 7.59. The van der Waals surface area contributed by atoms with E-state index in [1.807, 2.05) is 0 Å². The van der Waals surface area contributed by atoms with Crippen LogP contribution >= 0.6 is 0 Å².